The van der Waals surface area contributed by atoms with E-state index in [0.29, 0.717) is 12.1 Å². The minimum Gasteiger partial charge on any atom is -0.465 e. The van der Waals surface area contributed by atoms with Gasteiger partial charge in [-0.25, -0.2) is 4.79 Å². The fourth-order valence-electron chi connectivity index (χ4n) is 2.02. The molecule has 0 spiro atoms. The molecular weight excluding hydrogens is 294 g/mol. The number of furan rings is 1. The Labute approximate surface area is 135 Å². The summed E-state index contributed by atoms with van der Waals surface area (Å²) in [7, 11) is 3.05. The molecule has 0 fully saturated rings. The Kier molecular flexibility index (Phi) is 5.36. The lowest BCUT2D eigenvalue weighted by Crippen LogP contribution is -2.23. The predicted octanol–water partition coefficient (Wildman–Crippen LogP) is 3.05. The molecule has 0 aliphatic heterocycles. The Morgan fingerprint density at radius 1 is 1.17 bits per heavy atom. The lowest BCUT2D eigenvalue weighted by atomic mass is 10.1. The van der Waals surface area contributed by atoms with Crippen LogP contribution in [0.15, 0.2) is 46.9 Å². The van der Waals surface area contributed by atoms with E-state index in [9.17, 15) is 9.59 Å². The number of hydrogen-bond donors (Lipinski definition) is 0. The summed E-state index contributed by atoms with van der Waals surface area (Å²) in [6, 6.07) is 10.6. The molecule has 5 nitrogen and oxygen atoms in total. The van der Waals surface area contributed by atoms with Crippen LogP contribution in [0.25, 0.3) is 6.08 Å². The number of carbonyl (C=O) groups excluding carboxylic acids is 2. The highest BCUT2D eigenvalue weighted by Gasteiger charge is 2.08. The van der Waals surface area contributed by atoms with Crippen molar-refractivity contribution >= 4 is 18.0 Å². The molecule has 0 aliphatic carbocycles. The van der Waals surface area contributed by atoms with Crippen LogP contribution in [0, 0.1) is 6.92 Å². The van der Waals surface area contributed by atoms with Crippen LogP contribution in [0.3, 0.4) is 0 Å². The van der Waals surface area contributed by atoms with E-state index in [0.717, 1.165) is 17.1 Å². The van der Waals surface area contributed by atoms with Gasteiger partial charge in [0, 0.05) is 13.1 Å². The maximum Gasteiger partial charge on any atom is 0.337 e. The largest absolute Gasteiger partial charge is 0.465 e. The quantitative estimate of drug-likeness (QED) is 0.629. The van der Waals surface area contributed by atoms with Crippen molar-refractivity contribution in [1.29, 1.82) is 0 Å². The number of esters is 1. The lowest BCUT2D eigenvalue weighted by Gasteiger charge is -2.13. The first-order valence-corrected chi connectivity index (χ1v) is 7.16. The Morgan fingerprint density at radius 3 is 2.43 bits per heavy atom. The summed E-state index contributed by atoms with van der Waals surface area (Å²) in [5.41, 5.74) is 1.30. The molecule has 5 heteroatoms. The van der Waals surface area contributed by atoms with Gasteiger partial charge in [-0.3, -0.25) is 4.79 Å². The van der Waals surface area contributed by atoms with Crippen LogP contribution < -0.4 is 0 Å². The Balaban J connectivity index is 1.95. The molecule has 1 aromatic heterocycles. The molecule has 0 radical (unpaired) electrons. The zero-order valence-corrected chi connectivity index (χ0v) is 13.4. The third-order valence-electron chi connectivity index (χ3n) is 3.32. The minimum absolute atomic E-state index is 0.129. The highest BCUT2D eigenvalue weighted by atomic mass is 16.5. The van der Waals surface area contributed by atoms with Gasteiger partial charge in [0.15, 0.2) is 0 Å². The van der Waals surface area contributed by atoms with E-state index in [-0.39, 0.29) is 11.9 Å². The number of benzene rings is 1. The highest BCUT2D eigenvalue weighted by Crippen LogP contribution is 2.10. The first-order chi connectivity index (χ1) is 11.0. The summed E-state index contributed by atoms with van der Waals surface area (Å²) in [4.78, 5) is 25.0. The number of rotatable bonds is 5. The molecule has 1 heterocycles. The van der Waals surface area contributed by atoms with Crippen LogP contribution in [-0.2, 0) is 16.1 Å². The average Bonchev–Trinajstić information content (AvgIpc) is 2.97. The highest BCUT2D eigenvalue weighted by molar-refractivity contribution is 5.92. The van der Waals surface area contributed by atoms with Gasteiger partial charge in [-0.15, -0.1) is 0 Å². The summed E-state index contributed by atoms with van der Waals surface area (Å²) in [6.07, 6.45) is 3.19. The monoisotopic (exact) mass is 313 g/mol. The van der Waals surface area contributed by atoms with Gasteiger partial charge in [0.1, 0.15) is 11.5 Å². The van der Waals surface area contributed by atoms with Crippen LogP contribution in [-0.4, -0.2) is 30.9 Å². The summed E-state index contributed by atoms with van der Waals surface area (Å²) >= 11 is 0. The predicted molar refractivity (Wildman–Crippen MR) is 86.7 cm³/mol. The van der Waals surface area contributed by atoms with Crippen LogP contribution in [0.5, 0.6) is 0 Å². The topological polar surface area (TPSA) is 59.8 Å². The number of likely N-dealkylation sites (N-methyl/N-ethyl adjacent to an activating group) is 1. The van der Waals surface area contributed by atoms with Crippen molar-refractivity contribution in [3.05, 3.63) is 65.1 Å². The van der Waals surface area contributed by atoms with Gasteiger partial charge in [0.2, 0.25) is 5.91 Å². The van der Waals surface area contributed by atoms with Gasteiger partial charge in [0.05, 0.1) is 19.2 Å². The van der Waals surface area contributed by atoms with Gasteiger partial charge >= 0.3 is 5.97 Å². The van der Waals surface area contributed by atoms with Crippen molar-refractivity contribution in [2.45, 2.75) is 13.5 Å². The molecule has 0 unspecified atom stereocenters. The van der Waals surface area contributed by atoms with E-state index in [1.807, 2.05) is 19.1 Å². The van der Waals surface area contributed by atoms with Crippen molar-refractivity contribution < 1.29 is 18.7 Å². The van der Waals surface area contributed by atoms with E-state index in [4.69, 9.17) is 4.42 Å². The standard InChI is InChI=1S/C18H19NO4/c1-13-4-10-16(23-13)12-19(2)17(20)11-7-14-5-8-15(9-6-14)18(21)22-3/h4-11H,12H2,1-3H3/b11-7+. The number of nitrogens with zero attached hydrogens (tertiary/aromatic N) is 1. The van der Waals surface area contributed by atoms with Crippen molar-refractivity contribution in [1.82, 2.24) is 4.90 Å². The van der Waals surface area contributed by atoms with Crippen LogP contribution in [0.1, 0.15) is 27.4 Å². The van der Waals surface area contributed by atoms with Gasteiger partial charge < -0.3 is 14.1 Å². The van der Waals surface area contributed by atoms with Crippen LogP contribution in [0.2, 0.25) is 0 Å². The molecule has 0 saturated carbocycles. The third kappa shape index (κ3) is 4.57. The first kappa shape index (κ1) is 16.5. The van der Waals surface area contributed by atoms with Gasteiger partial charge in [-0.2, -0.15) is 0 Å². The molecule has 1 amide bonds. The second-order valence-electron chi connectivity index (χ2n) is 5.15. The molecule has 0 aliphatic rings. The van der Waals surface area contributed by atoms with Gasteiger partial charge in [-0.1, -0.05) is 12.1 Å². The Morgan fingerprint density at radius 2 is 1.87 bits per heavy atom. The number of methoxy groups -OCH3 is 1. The van der Waals surface area contributed by atoms with Crippen molar-refractivity contribution in [3.63, 3.8) is 0 Å². The van der Waals surface area contributed by atoms with E-state index < -0.39 is 0 Å². The second-order valence-corrected chi connectivity index (χ2v) is 5.15. The molecule has 2 rings (SSSR count). The maximum absolute atomic E-state index is 12.1. The molecular formula is C18H19NO4. The van der Waals surface area contributed by atoms with Crippen molar-refractivity contribution in [3.8, 4) is 0 Å². The summed E-state index contributed by atoms with van der Waals surface area (Å²) in [6.45, 7) is 2.28. The maximum atomic E-state index is 12.1. The molecule has 0 atom stereocenters. The zero-order valence-electron chi connectivity index (χ0n) is 13.4. The van der Waals surface area contributed by atoms with E-state index in [1.54, 1.807) is 42.3 Å². The van der Waals surface area contributed by atoms with Gasteiger partial charge in [0.25, 0.3) is 0 Å². The molecule has 1 aromatic carbocycles. The molecule has 120 valence electrons. The van der Waals surface area contributed by atoms with E-state index in [1.165, 1.54) is 13.2 Å². The van der Waals surface area contributed by atoms with Crippen molar-refractivity contribution in [2.75, 3.05) is 14.2 Å². The van der Waals surface area contributed by atoms with E-state index in [2.05, 4.69) is 4.74 Å². The number of amides is 1. The SMILES string of the molecule is COC(=O)c1ccc(/C=C/C(=O)N(C)Cc2ccc(C)o2)cc1. The summed E-state index contributed by atoms with van der Waals surface area (Å²) in [5, 5.41) is 0. The fraction of sp³-hybridized carbons (Fsp3) is 0.222. The fourth-order valence-corrected chi connectivity index (χ4v) is 2.02. The second kappa shape index (κ2) is 7.45. The lowest BCUT2D eigenvalue weighted by molar-refractivity contribution is -0.125. The molecule has 0 bridgehead atoms. The number of carbonyl (C=O) groups is 2. The minimum atomic E-state index is -0.384. The third-order valence-corrected chi connectivity index (χ3v) is 3.32. The zero-order chi connectivity index (χ0) is 16.8. The summed E-state index contributed by atoms with van der Waals surface area (Å²) < 4.78 is 10.1. The first-order valence-electron chi connectivity index (χ1n) is 7.16. The number of aryl methyl sites for hydroxylation is 1. The molecule has 23 heavy (non-hydrogen) atoms. The summed E-state index contributed by atoms with van der Waals surface area (Å²) in [5.74, 6) is 1.05. The average molecular weight is 313 g/mol. The normalized spacial score (nSPS) is 10.7. The smallest absolute Gasteiger partial charge is 0.337 e. The van der Waals surface area contributed by atoms with E-state index >= 15 is 0 Å². The van der Waals surface area contributed by atoms with Gasteiger partial charge in [-0.05, 0) is 42.8 Å². The molecule has 2 aromatic rings. The molecule has 0 saturated heterocycles. The number of ether oxygens (including phenoxy) is 1. The Bertz CT molecular complexity index is 713. The van der Waals surface area contributed by atoms with Crippen LogP contribution >= 0.6 is 0 Å². The van der Waals surface area contributed by atoms with Crippen LogP contribution in [0.4, 0.5) is 0 Å². The Hall–Kier alpha value is -2.82. The molecule has 0 N–H and O–H groups in total. The van der Waals surface area contributed by atoms with Crippen molar-refractivity contribution in [2.24, 2.45) is 0 Å². The number of hydrogen-bond acceptors (Lipinski definition) is 4.